The van der Waals surface area contributed by atoms with Crippen LogP contribution in [-0.2, 0) is 4.74 Å². The summed E-state index contributed by atoms with van der Waals surface area (Å²) in [6, 6.07) is 7.65. The second-order valence-corrected chi connectivity index (χ2v) is 5.11. The summed E-state index contributed by atoms with van der Waals surface area (Å²) in [5.41, 5.74) is 1.91. The Kier molecular flexibility index (Phi) is 8.15. The molecule has 0 spiro atoms. The van der Waals surface area contributed by atoms with Crippen LogP contribution in [-0.4, -0.2) is 19.0 Å². The number of unbranched alkanes of at least 4 members (excludes halogenated alkanes) is 5. The summed E-state index contributed by atoms with van der Waals surface area (Å²) in [5, 5.41) is 0. The molecule has 0 saturated carbocycles. The molecule has 0 saturated heterocycles. The van der Waals surface area contributed by atoms with Gasteiger partial charge in [0.05, 0.1) is 0 Å². The van der Waals surface area contributed by atoms with Gasteiger partial charge in [-0.15, -0.1) is 0 Å². The highest BCUT2D eigenvalue weighted by atomic mass is 16.5. The Labute approximate surface area is 117 Å². The van der Waals surface area contributed by atoms with E-state index in [0.29, 0.717) is 6.61 Å². The third kappa shape index (κ3) is 7.12. The minimum Gasteiger partial charge on any atom is -0.373 e. The molecule has 2 heteroatoms. The molecule has 1 aromatic carbocycles. The van der Waals surface area contributed by atoms with Crippen molar-refractivity contribution in [2.24, 2.45) is 0 Å². The van der Waals surface area contributed by atoms with Crippen molar-refractivity contribution in [1.29, 1.82) is 0 Å². The van der Waals surface area contributed by atoms with E-state index >= 15 is 0 Å². The summed E-state index contributed by atoms with van der Waals surface area (Å²) in [6.45, 7) is 5.14. The Balaban J connectivity index is 2.06. The average Bonchev–Trinajstić information content (AvgIpc) is 2.42. The van der Waals surface area contributed by atoms with Crippen LogP contribution in [0.15, 0.2) is 24.3 Å². The first kappa shape index (κ1) is 15.9. The molecule has 0 aliphatic heterocycles. The molecule has 1 rings (SSSR count). The molecule has 2 nitrogen and oxygen atoms in total. The molecule has 19 heavy (non-hydrogen) atoms. The maximum absolute atomic E-state index is 11.8. The van der Waals surface area contributed by atoms with E-state index in [2.05, 4.69) is 6.92 Å². The third-order valence-corrected chi connectivity index (χ3v) is 3.25. The Bertz CT molecular complexity index is 354. The minimum atomic E-state index is 0.0750. The van der Waals surface area contributed by atoms with Crippen molar-refractivity contribution in [1.82, 2.24) is 0 Å². The number of carbonyl (C=O) groups excluding carboxylic acids is 1. The summed E-state index contributed by atoms with van der Waals surface area (Å²) in [5.74, 6) is 0.0750. The maximum atomic E-state index is 11.8. The van der Waals surface area contributed by atoms with Crippen LogP contribution in [0.25, 0.3) is 0 Å². The van der Waals surface area contributed by atoms with E-state index in [-0.39, 0.29) is 12.4 Å². The van der Waals surface area contributed by atoms with Gasteiger partial charge < -0.3 is 4.74 Å². The lowest BCUT2D eigenvalue weighted by atomic mass is 10.1. The fourth-order valence-corrected chi connectivity index (χ4v) is 1.97. The lowest BCUT2D eigenvalue weighted by Crippen LogP contribution is -2.09. The van der Waals surface area contributed by atoms with Gasteiger partial charge in [-0.3, -0.25) is 4.79 Å². The lowest BCUT2D eigenvalue weighted by molar-refractivity contribution is 0.0752. The first-order valence-corrected chi connectivity index (χ1v) is 7.41. The van der Waals surface area contributed by atoms with Gasteiger partial charge in [-0.25, -0.2) is 0 Å². The van der Waals surface area contributed by atoms with E-state index in [1.807, 2.05) is 31.2 Å². The van der Waals surface area contributed by atoms with E-state index in [0.717, 1.165) is 12.0 Å². The largest absolute Gasteiger partial charge is 0.373 e. The predicted octanol–water partition coefficient (Wildman–Crippen LogP) is 4.55. The number of rotatable bonds is 10. The van der Waals surface area contributed by atoms with Crippen molar-refractivity contribution in [3.05, 3.63) is 35.4 Å². The van der Waals surface area contributed by atoms with E-state index in [1.54, 1.807) is 0 Å². The Morgan fingerprint density at radius 1 is 1.00 bits per heavy atom. The molecular weight excluding hydrogens is 236 g/mol. The number of hydrogen-bond acceptors (Lipinski definition) is 2. The molecule has 1 aromatic rings. The molecule has 0 aliphatic carbocycles. The fourth-order valence-electron chi connectivity index (χ4n) is 1.97. The predicted molar refractivity (Wildman–Crippen MR) is 79.7 cm³/mol. The van der Waals surface area contributed by atoms with Gasteiger partial charge in [0, 0.05) is 12.2 Å². The van der Waals surface area contributed by atoms with Crippen molar-refractivity contribution < 1.29 is 9.53 Å². The van der Waals surface area contributed by atoms with Crippen molar-refractivity contribution in [3.63, 3.8) is 0 Å². The highest BCUT2D eigenvalue weighted by Crippen LogP contribution is 2.06. The van der Waals surface area contributed by atoms with Crippen LogP contribution >= 0.6 is 0 Å². The Hall–Kier alpha value is -1.15. The molecule has 106 valence electrons. The van der Waals surface area contributed by atoms with Gasteiger partial charge >= 0.3 is 0 Å². The van der Waals surface area contributed by atoms with Crippen LogP contribution in [0, 0.1) is 6.92 Å². The molecule has 0 N–H and O–H groups in total. The number of benzene rings is 1. The highest BCUT2D eigenvalue weighted by molar-refractivity contribution is 5.97. The highest BCUT2D eigenvalue weighted by Gasteiger charge is 2.04. The summed E-state index contributed by atoms with van der Waals surface area (Å²) in [6.07, 6.45) is 7.47. The van der Waals surface area contributed by atoms with Crippen LogP contribution in [0.3, 0.4) is 0 Å². The van der Waals surface area contributed by atoms with Gasteiger partial charge in [0.1, 0.15) is 6.61 Å². The minimum absolute atomic E-state index is 0.0750. The molecule has 0 atom stereocenters. The number of ether oxygens (including phenoxy) is 1. The van der Waals surface area contributed by atoms with Gasteiger partial charge in [0.15, 0.2) is 5.78 Å². The summed E-state index contributed by atoms with van der Waals surface area (Å²) in [4.78, 5) is 11.8. The van der Waals surface area contributed by atoms with Gasteiger partial charge in [0.2, 0.25) is 0 Å². The van der Waals surface area contributed by atoms with Gasteiger partial charge in [-0.05, 0) is 13.3 Å². The quantitative estimate of drug-likeness (QED) is 0.456. The molecule has 0 aromatic heterocycles. The number of hydrogen-bond donors (Lipinski definition) is 0. The van der Waals surface area contributed by atoms with E-state index in [9.17, 15) is 4.79 Å². The SMILES string of the molecule is CCCCCCCCOCC(=O)c1ccc(C)cc1. The Morgan fingerprint density at radius 3 is 2.32 bits per heavy atom. The second kappa shape index (κ2) is 9.74. The molecule has 0 radical (unpaired) electrons. The van der Waals surface area contributed by atoms with Crippen LogP contribution in [0.5, 0.6) is 0 Å². The normalized spacial score (nSPS) is 10.6. The number of carbonyl (C=O) groups is 1. The standard InChI is InChI=1S/C17H26O2/c1-3-4-5-6-7-8-13-19-14-17(18)16-11-9-15(2)10-12-16/h9-12H,3-8,13-14H2,1-2H3. The second-order valence-electron chi connectivity index (χ2n) is 5.11. The van der Waals surface area contributed by atoms with E-state index in [4.69, 9.17) is 4.74 Å². The summed E-state index contributed by atoms with van der Waals surface area (Å²) >= 11 is 0. The van der Waals surface area contributed by atoms with Crippen molar-refractivity contribution in [2.45, 2.75) is 52.4 Å². The van der Waals surface area contributed by atoms with Crippen LogP contribution in [0.2, 0.25) is 0 Å². The number of aryl methyl sites for hydroxylation is 1. The number of ketones is 1. The molecular formula is C17H26O2. The molecule has 0 unspecified atom stereocenters. The smallest absolute Gasteiger partial charge is 0.188 e. The number of Topliss-reactive ketones (excluding diaryl/α,β-unsaturated/α-hetero) is 1. The average molecular weight is 262 g/mol. The van der Waals surface area contributed by atoms with Crippen LogP contribution in [0.4, 0.5) is 0 Å². The van der Waals surface area contributed by atoms with E-state index in [1.165, 1.54) is 37.7 Å². The van der Waals surface area contributed by atoms with Gasteiger partial charge in [-0.1, -0.05) is 68.9 Å². The first-order chi connectivity index (χ1) is 9.24. The molecule has 0 aliphatic rings. The molecule has 0 heterocycles. The molecule has 0 amide bonds. The van der Waals surface area contributed by atoms with Crippen LogP contribution < -0.4 is 0 Å². The molecule has 0 fully saturated rings. The fraction of sp³-hybridized carbons (Fsp3) is 0.588. The Morgan fingerprint density at radius 2 is 1.63 bits per heavy atom. The molecule has 0 bridgehead atoms. The summed E-state index contributed by atoms with van der Waals surface area (Å²) < 4.78 is 5.44. The summed E-state index contributed by atoms with van der Waals surface area (Å²) in [7, 11) is 0. The zero-order chi connectivity index (χ0) is 13.9. The zero-order valence-electron chi connectivity index (χ0n) is 12.3. The van der Waals surface area contributed by atoms with Gasteiger partial charge in [0.25, 0.3) is 0 Å². The first-order valence-electron chi connectivity index (χ1n) is 7.41. The monoisotopic (exact) mass is 262 g/mol. The maximum Gasteiger partial charge on any atom is 0.188 e. The van der Waals surface area contributed by atoms with Crippen molar-refractivity contribution in [3.8, 4) is 0 Å². The topological polar surface area (TPSA) is 26.3 Å². The van der Waals surface area contributed by atoms with Crippen molar-refractivity contribution >= 4 is 5.78 Å². The third-order valence-electron chi connectivity index (χ3n) is 3.25. The zero-order valence-corrected chi connectivity index (χ0v) is 12.3. The van der Waals surface area contributed by atoms with Gasteiger partial charge in [-0.2, -0.15) is 0 Å². The van der Waals surface area contributed by atoms with Crippen LogP contribution in [0.1, 0.15) is 61.4 Å². The lowest BCUT2D eigenvalue weighted by Gasteiger charge is -2.04. The van der Waals surface area contributed by atoms with E-state index < -0.39 is 0 Å². The van der Waals surface area contributed by atoms with Crippen molar-refractivity contribution in [2.75, 3.05) is 13.2 Å².